The van der Waals surface area contributed by atoms with E-state index in [1.165, 1.54) is 12.8 Å². The zero-order valence-electron chi connectivity index (χ0n) is 22.0. The molecule has 7 nitrogen and oxygen atoms in total. The molecule has 3 aliphatic rings. The van der Waals surface area contributed by atoms with Crippen LogP contribution in [0.5, 0.6) is 5.75 Å². The quantitative estimate of drug-likeness (QED) is 0.586. The highest BCUT2D eigenvalue weighted by molar-refractivity contribution is 5.92. The van der Waals surface area contributed by atoms with E-state index in [0.717, 1.165) is 74.4 Å². The van der Waals surface area contributed by atoms with Crippen molar-refractivity contribution in [1.82, 2.24) is 19.8 Å². The maximum atomic E-state index is 13.8. The molecule has 3 fully saturated rings. The number of nitrogens with one attached hydrogen (secondary N) is 1. The fraction of sp³-hybridized carbons (Fsp3) is 0.643. The summed E-state index contributed by atoms with van der Waals surface area (Å²) in [7, 11) is 3.81. The third-order valence-corrected chi connectivity index (χ3v) is 7.90. The molecule has 1 aromatic carbocycles. The number of aromatic nitrogens is 2. The number of piperidine rings is 2. The Hall–Kier alpha value is -2.70. The second kappa shape index (κ2) is 11.4. The van der Waals surface area contributed by atoms with Crippen LogP contribution in [0.3, 0.4) is 0 Å². The molecule has 2 aromatic rings. The molecular weight excluding hydrogens is 474 g/mol. The van der Waals surface area contributed by atoms with Crippen LogP contribution in [0.25, 0.3) is 10.9 Å². The van der Waals surface area contributed by atoms with Gasteiger partial charge in [0.05, 0.1) is 24.7 Å². The monoisotopic (exact) mass is 512 g/mol. The lowest BCUT2D eigenvalue weighted by atomic mass is 9.97. The molecule has 37 heavy (non-hydrogen) atoms. The van der Waals surface area contributed by atoms with E-state index in [1.807, 2.05) is 17.0 Å². The minimum atomic E-state index is -2.62. The van der Waals surface area contributed by atoms with Crippen molar-refractivity contribution in [3.8, 4) is 17.6 Å². The molecule has 0 atom stereocenters. The van der Waals surface area contributed by atoms with Crippen molar-refractivity contribution in [3.63, 3.8) is 0 Å². The Bertz CT molecular complexity index is 1140. The average Bonchev–Trinajstić information content (AvgIpc) is 3.41. The van der Waals surface area contributed by atoms with E-state index < -0.39 is 5.92 Å². The van der Waals surface area contributed by atoms with Gasteiger partial charge in [0.25, 0.3) is 5.92 Å². The predicted molar refractivity (Wildman–Crippen MR) is 144 cm³/mol. The first-order valence-electron chi connectivity index (χ1n) is 13.6. The third-order valence-electron chi connectivity index (χ3n) is 7.90. The molecule has 0 unspecified atom stereocenters. The normalized spacial score (nSPS) is 21.1. The van der Waals surface area contributed by atoms with Crippen molar-refractivity contribution < 1.29 is 13.5 Å². The molecule has 3 saturated heterocycles. The minimum absolute atomic E-state index is 0.178. The third kappa shape index (κ3) is 6.42. The molecule has 0 spiro atoms. The van der Waals surface area contributed by atoms with Crippen LogP contribution in [0.15, 0.2) is 12.1 Å². The van der Waals surface area contributed by atoms with Crippen molar-refractivity contribution in [2.24, 2.45) is 5.92 Å². The van der Waals surface area contributed by atoms with Gasteiger partial charge in [0, 0.05) is 37.9 Å². The van der Waals surface area contributed by atoms with E-state index >= 15 is 0 Å². The van der Waals surface area contributed by atoms with Gasteiger partial charge in [-0.1, -0.05) is 11.8 Å². The maximum absolute atomic E-state index is 13.8. The van der Waals surface area contributed by atoms with Crippen molar-refractivity contribution in [1.29, 1.82) is 0 Å². The number of benzene rings is 1. The van der Waals surface area contributed by atoms with Gasteiger partial charge in [-0.3, -0.25) is 4.90 Å². The highest BCUT2D eigenvalue weighted by atomic mass is 19.3. The number of rotatable bonds is 6. The summed E-state index contributed by atoms with van der Waals surface area (Å²) in [4.78, 5) is 16.3. The largest absolute Gasteiger partial charge is 0.495 e. The molecule has 1 N–H and O–H groups in total. The maximum Gasteiger partial charge on any atom is 0.251 e. The van der Waals surface area contributed by atoms with Gasteiger partial charge >= 0.3 is 0 Å². The highest BCUT2D eigenvalue weighted by Crippen LogP contribution is 2.33. The second-order valence-corrected chi connectivity index (χ2v) is 10.7. The van der Waals surface area contributed by atoms with Crippen molar-refractivity contribution >= 4 is 22.7 Å². The molecule has 0 radical (unpaired) electrons. The van der Waals surface area contributed by atoms with E-state index in [0.29, 0.717) is 17.6 Å². The van der Waals surface area contributed by atoms with E-state index in [-0.39, 0.29) is 25.9 Å². The number of hydrogen-bond acceptors (Lipinski definition) is 7. The first-order valence-corrected chi connectivity index (χ1v) is 13.6. The number of hydrogen-bond donors (Lipinski definition) is 1. The number of alkyl halides is 2. The second-order valence-electron chi connectivity index (χ2n) is 10.7. The highest BCUT2D eigenvalue weighted by Gasteiger charge is 2.35. The lowest BCUT2D eigenvalue weighted by Gasteiger charge is -2.32. The molecule has 0 amide bonds. The Kier molecular flexibility index (Phi) is 7.96. The number of anilines is 2. The van der Waals surface area contributed by atoms with Crippen LogP contribution >= 0.6 is 0 Å². The molecule has 200 valence electrons. The zero-order valence-corrected chi connectivity index (χ0v) is 22.0. The van der Waals surface area contributed by atoms with E-state index in [4.69, 9.17) is 14.7 Å². The zero-order chi connectivity index (χ0) is 25.8. The van der Waals surface area contributed by atoms with Gasteiger partial charge in [0.1, 0.15) is 11.6 Å². The smallest absolute Gasteiger partial charge is 0.251 e. The molecule has 1 aromatic heterocycles. The van der Waals surface area contributed by atoms with Crippen LogP contribution < -0.4 is 15.0 Å². The molecule has 0 saturated carbocycles. The minimum Gasteiger partial charge on any atom is -0.495 e. The van der Waals surface area contributed by atoms with Crippen LogP contribution in [0, 0.1) is 17.8 Å². The Morgan fingerprint density at radius 3 is 2.49 bits per heavy atom. The molecular formula is C28H38F2N6O. The van der Waals surface area contributed by atoms with Gasteiger partial charge in [-0.25, -0.2) is 13.8 Å². The molecule has 0 aliphatic carbocycles. The number of halogens is 2. The topological polar surface area (TPSA) is 56.8 Å². The summed E-state index contributed by atoms with van der Waals surface area (Å²) in [5, 5.41) is 4.44. The standard InChI is InChI=1S/C28H38F2N6O/c1-34-14-7-21(8-15-34)20-31-26-23-19-25(37-2)22(6-5-13-35-11-3-4-12-35)18-24(23)32-27(33-26)36-16-9-28(29,30)10-17-36/h18-19,21H,3-4,7-17,20H2,1-2H3,(H,31,32,33). The SMILES string of the molecule is COc1cc2c(NCC3CCN(C)CC3)nc(N3CCC(F)(F)CC3)nc2cc1C#CCN1CCCC1. The fourth-order valence-corrected chi connectivity index (χ4v) is 5.41. The first kappa shape index (κ1) is 25.9. The Morgan fingerprint density at radius 1 is 1.05 bits per heavy atom. The van der Waals surface area contributed by atoms with E-state index in [2.05, 4.69) is 34.0 Å². The lowest BCUT2D eigenvalue weighted by molar-refractivity contribution is -0.0222. The fourth-order valence-electron chi connectivity index (χ4n) is 5.41. The van der Waals surface area contributed by atoms with Gasteiger partial charge in [0.15, 0.2) is 0 Å². The number of methoxy groups -OCH3 is 1. The van der Waals surface area contributed by atoms with Gasteiger partial charge in [0.2, 0.25) is 5.95 Å². The van der Waals surface area contributed by atoms with Crippen LogP contribution in [-0.2, 0) is 0 Å². The number of ether oxygens (including phenoxy) is 1. The summed E-state index contributed by atoms with van der Waals surface area (Å²) in [6, 6.07) is 3.91. The summed E-state index contributed by atoms with van der Waals surface area (Å²) in [5.41, 5.74) is 1.53. The predicted octanol–water partition coefficient (Wildman–Crippen LogP) is 4.07. The van der Waals surface area contributed by atoms with E-state index in [1.54, 1.807) is 7.11 Å². The number of nitrogens with zero attached hydrogens (tertiary/aromatic N) is 5. The Labute approximate surface area is 218 Å². The van der Waals surface area contributed by atoms with E-state index in [9.17, 15) is 8.78 Å². The van der Waals surface area contributed by atoms with Gasteiger partial charge < -0.3 is 19.9 Å². The Morgan fingerprint density at radius 2 is 1.78 bits per heavy atom. The van der Waals surface area contributed by atoms with Crippen molar-refractivity contribution in [2.45, 2.75) is 44.4 Å². The Balaban J connectivity index is 1.45. The summed E-state index contributed by atoms with van der Waals surface area (Å²) >= 11 is 0. The lowest BCUT2D eigenvalue weighted by Crippen LogP contribution is -2.40. The summed E-state index contributed by atoms with van der Waals surface area (Å²) < 4.78 is 33.4. The van der Waals surface area contributed by atoms with Crippen LogP contribution in [0.2, 0.25) is 0 Å². The van der Waals surface area contributed by atoms with Gasteiger partial charge in [-0.05, 0) is 77.0 Å². The van der Waals surface area contributed by atoms with Crippen molar-refractivity contribution in [3.05, 3.63) is 17.7 Å². The van der Waals surface area contributed by atoms with Crippen LogP contribution in [0.4, 0.5) is 20.5 Å². The molecule has 3 aliphatic heterocycles. The van der Waals surface area contributed by atoms with Crippen LogP contribution in [0.1, 0.15) is 44.1 Å². The van der Waals surface area contributed by atoms with Crippen LogP contribution in [-0.4, -0.2) is 92.2 Å². The summed E-state index contributed by atoms with van der Waals surface area (Å²) in [6.07, 6.45) is 4.39. The number of fused-ring (bicyclic) bond motifs is 1. The summed E-state index contributed by atoms with van der Waals surface area (Å²) in [6.45, 7) is 6.42. The molecule has 0 bridgehead atoms. The molecule has 9 heteroatoms. The molecule has 5 rings (SSSR count). The molecule has 4 heterocycles. The first-order chi connectivity index (χ1) is 17.9. The van der Waals surface area contributed by atoms with Gasteiger partial charge in [-0.2, -0.15) is 4.98 Å². The summed E-state index contributed by atoms with van der Waals surface area (Å²) in [5.74, 6) is 6.45. The average molecular weight is 513 g/mol. The van der Waals surface area contributed by atoms with Crippen molar-refractivity contribution in [2.75, 3.05) is 76.7 Å². The van der Waals surface area contributed by atoms with Gasteiger partial charge in [-0.15, -0.1) is 0 Å². The number of likely N-dealkylation sites (tertiary alicyclic amines) is 2.